The van der Waals surface area contributed by atoms with Crippen LogP contribution in [0.1, 0.15) is 27.5 Å². The van der Waals surface area contributed by atoms with E-state index in [9.17, 15) is 19.1 Å². The largest absolute Gasteiger partial charge is 0.477 e. The minimum Gasteiger partial charge on any atom is -0.477 e. The second-order valence-electron chi connectivity index (χ2n) is 7.44. The number of aromatic amines is 1. The van der Waals surface area contributed by atoms with Gasteiger partial charge in [-0.2, -0.15) is 0 Å². The predicted molar refractivity (Wildman–Crippen MR) is 114 cm³/mol. The Morgan fingerprint density at radius 2 is 2.16 bits per heavy atom. The molecule has 7 nitrogen and oxygen atoms in total. The molecule has 1 aliphatic heterocycles. The van der Waals surface area contributed by atoms with Crippen LogP contribution in [0.5, 0.6) is 0 Å². The van der Waals surface area contributed by atoms with Crippen molar-refractivity contribution < 1.29 is 19.0 Å². The molecule has 4 aromatic rings. The summed E-state index contributed by atoms with van der Waals surface area (Å²) in [5, 5.41) is 9.29. The first kappa shape index (κ1) is 19.7. The number of nitrogens with one attached hydrogen (secondary N) is 1. The molecule has 4 heterocycles. The Hall–Kier alpha value is -3.30. The third kappa shape index (κ3) is 3.77. The molecule has 2 N–H and O–H groups in total. The third-order valence-corrected chi connectivity index (χ3v) is 6.40. The number of H-pyrrole nitrogens is 1. The number of halogens is 1. The van der Waals surface area contributed by atoms with Gasteiger partial charge in [-0.15, -0.1) is 11.3 Å². The summed E-state index contributed by atoms with van der Waals surface area (Å²) in [4.78, 5) is 31.0. The molecule has 0 unspecified atom stereocenters. The topological polar surface area (TPSA) is 97.2 Å². The number of imidazole rings is 1. The van der Waals surface area contributed by atoms with Crippen LogP contribution >= 0.6 is 11.3 Å². The molecule has 0 amide bonds. The van der Waals surface area contributed by atoms with Crippen molar-refractivity contribution in [2.45, 2.75) is 25.5 Å². The molecule has 1 saturated heterocycles. The fraction of sp³-hybridized carbons (Fsp3) is 0.227. The molecule has 158 valence electrons. The highest BCUT2D eigenvalue weighted by atomic mass is 32.1. The number of ether oxygens (including phenoxy) is 1. The number of carbonyl (C=O) groups is 1. The number of benzene rings is 1. The zero-order chi connectivity index (χ0) is 21.5. The summed E-state index contributed by atoms with van der Waals surface area (Å²) in [5.74, 6) is -0.726. The van der Waals surface area contributed by atoms with Crippen molar-refractivity contribution in [3.63, 3.8) is 0 Å². The predicted octanol–water partition coefficient (Wildman–Crippen LogP) is 3.67. The van der Waals surface area contributed by atoms with Crippen molar-refractivity contribution in [1.82, 2.24) is 14.5 Å². The summed E-state index contributed by atoms with van der Waals surface area (Å²) in [6, 6.07) is 11.2. The second kappa shape index (κ2) is 7.75. The van der Waals surface area contributed by atoms with Gasteiger partial charge in [-0.25, -0.2) is 14.2 Å². The Labute approximate surface area is 179 Å². The van der Waals surface area contributed by atoms with E-state index in [0.29, 0.717) is 40.6 Å². The van der Waals surface area contributed by atoms with Crippen molar-refractivity contribution in [3.05, 3.63) is 74.9 Å². The molecule has 0 radical (unpaired) electrons. The van der Waals surface area contributed by atoms with Gasteiger partial charge in [-0.3, -0.25) is 4.79 Å². The number of aromatic nitrogens is 3. The summed E-state index contributed by atoms with van der Waals surface area (Å²) in [5.41, 5.74) is 2.07. The number of pyridine rings is 1. The molecule has 9 heteroatoms. The van der Waals surface area contributed by atoms with E-state index in [1.807, 2.05) is 4.57 Å². The van der Waals surface area contributed by atoms with Crippen LogP contribution in [0, 0.1) is 5.82 Å². The van der Waals surface area contributed by atoms with Gasteiger partial charge in [0.25, 0.3) is 0 Å². The van der Waals surface area contributed by atoms with E-state index >= 15 is 0 Å². The number of carboxylic acids is 1. The third-order valence-electron chi connectivity index (χ3n) is 5.40. The van der Waals surface area contributed by atoms with E-state index in [1.165, 1.54) is 12.1 Å². The SMILES string of the molecule is O=C(O)c1cc2c(nc(Cc3ccc(-c4cccc(=O)[nH]4)cc3F)n2C[C@@H]2CCO2)s1. The van der Waals surface area contributed by atoms with Crippen LogP contribution in [0.15, 0.2) is 47.3 Å². The smallest absolute Gasteiger partial charge is 0.346 e. The zero-order valence-corrected chi connectivity index (χ0v) is 17.1. The average Bonchev–Trinajstić information content (AvgIpc) is 3.25. The van der Waals surface area contributed by atoms with Gasteiger partial charge in [0, 0.05) is 30.4 Å². The lowest BCUT2D eigenvalue weighted by Crippen LogP contribution is -2.31. The summed E-state index contributed by atoms with van der Waals surface area (Å²) in [7, 11) is 0. The van der Waals surface area contributed by atoms with Crippen molar-refractivity contribution in [2.75, 3.05) is 6.61 Å². The zero-order valence-electron chi connectivity index (χ0n) is 16.3. The average molecular weight is 439 g/mol. The maximum Gasteiger partial charge on any atom is 0.346 e. The molecule has 0 aliphatic carbocycles. The highest BCUT2D eigenvalue weighted by Crippen LogP contribution is 2.30. The fourth-order valence-corrected chi connectivity index (χ4v) is 4.57. The van der Waals surface area contributed by atoms with Crippen LogP contribution in [0.3, 0.4) is 0 Å². The van der Waals surface area contributed by atoms with Gasteiger partial charge in [0.2, 0.25) is 5.56 Å². The number of hydrogen-bond donors (Lipinski definition) is 2. The highest BCUT2D eigenvalue weighted by molar-refractivity contribution is 7.20. The minimum atomic E-state index is -0.989. The molecule has 1 fully saturated rings. The van der Waals surface area contributed by atoms with E-state index in [4.69, 9.17) is 4.74 Å². The Morgan fingerprint density at radius 1 is 1.32 bits per heavy atom. The number of hydrogen-bond acceptors (Lipinski definition) is 5. The lowest BCUT2D eigenvalue weighted by atomic mass is 10.1. The van der Waals surface area contributed by atoms with Gasteiger partial charge in [-0.05, 0) is 30.2 Å². The van der Waals surface area contributed by atoms with Crippen LogP contribution in [-0.4, -0.2) is 38.3 Å². The lowest BCUT2D eigenvalue weighted by molar-refractivity contribution is -0.0589. The summed E-state index contributed by atoms with van der Waals surface area (Å²) in [6.07, 6.45) is 1.23. The fourth-order valence-electron chi connectivity index (χ4n) is 3.68. The number of thiophene rings is 1. The Morgan fingerprint density at radius 3 is 2.84 bits per heavy atom. The summed E-state index contributed by atoms with van der Waals surface area (Å²) >= 11 is 1.11. The molecule has 3 aromatic heterocycles. The van der Waals surface area contributed by atoms with Crippen molar-refractivity contribution in [2.24, 2.45) is 0 Å². The Bertz CT molecular complexity index is 1350. The molecule has 5 rings (SSSR count). The number of carboxylic acid groups (broad SMARTS) is 1. The van der Waals surface area contributed by atoms with Crippen LogP contribution in [0.25, 0.3) is 21.6 Å². The second-order valence-corrected chi connectivity index (χ2v) is 8.47. The van der Waals surface area contributed by atoms with Gasteiger partial charge in [0.1, 0.15) is 21.3 Å². The molecule has 1 aromatic carbocycles. The number of nitrogens with zero attached hydrogens (tertiary/aromatic N) is 2. The van der Waals surface area contributed by atoms with Crippen LogP contribution in [0.2, 0.25) is 0 Å². The Balaban J connectivity index is 1.49. The van der Waals surface area contributed by atoms with E-state index in [2.05, 4.69) is 9.97 Å². The van der Waals surface area contributed by atoms with Crippen LogP contribution < -0.4 is 5.56 Å². The van der Waals surface area contributed by atoms with Crippen molar-refractivity contribution in [3.8, 4) is 11.3 Å². The van der Waals surface area contributed by atoms with E-state index in [-0.39, 0.29) is 23.0 Å². The Kier molecular flexibility index (Phi) is 4.91. The quantitative estimate of drug-likeness (QED) is 0.478. The molecule has 0 spiro atoms. The van der Waals surface area contributed by atoms with Crippen molar-refractivity contribution in [1.29, 1.82) is 0 Å². The molecular weight excluding hydrogens is 421 g/mol. The molecule has 31 heavy (non-hydrogen) atoms. The highest BCUT2D eigenvalue weighted by Gasteiger charge is 2.24. The number of fused-ring (bicyclic) bond motifs is 1. The first-order chi connectivity index (χ1) is 15.0. The summed E-state index contributed by atoms with van der Waals surface area (Å²) < 4.78 is 22.4. The monoisotopic (exact) mass is 439 g/mol. The molecular formula is C22H18FN3O4S. The van der Waals surface area contributed by atoms with E-state index in [0.717, 1.165) is 23.3 Å². The van der Waals surface area contributed by atoms with Crippen LogP contribution in [0.4, 0.5) is 4.39 Å². The summed E-state index contributed by atoms with van der Waals surface area (Å²) in [6.45, 7) is 1.26. The van der Waals surface area contributed by atoms with Gasteiger partial charge in [0.05, 0.1) is 18.2 Å². The van der Waals surface area contributed by atoms with Crippen molar-refractivity contribution >= 4 is 27.7 Å². The maximum atomic E-state index is 14.9. The van der Waals surface area contributed by atoms with E-state index in [1.54, 1.807) is 30.3 Å². The molecule has 0 bridgehead atoms. The first-order valence-corrected chi connectivity index (χ1v) is 10.6. The molecule has 1 atom stereocenters. The maximum absolute atomic E-state index is 14.9. The number of aromatic carboxylic acids is 1. The standard InChI is InChI=1S/C22H18FN3O4S/c23-15-8-13(16-2-1-3-20(27)24-16)5-4-12(15)9-19-25-21-17(10-18(31-21)22(28)29)26(19)11-14-6-7-30-14/h1-5,8,10,14H,6-7,9,11H2,(H,24,27)(H,28,29)/t14-/m0/s1. The first-order valence-electron chi connectivity index (χ1n) is 9.80. The van der Waals surface area contributed by atoms with Crippen LogP contribution in [-0.2, 0) is 17.7 Å². The van der Waals surface area contributed by atoms with Gasteiger partial charge in [0.15, 0.2) is 0 Å². The number of rotatable bonds is 6. The molecule has 1 aliphatic rings. The van der Waals surface area contributed by atoms with Gasteiger partial charge in [-0.1, -0.05) is 18.2 Å². The normalized spacial score (nSPS) is 15.8. The molecule has 0 saturated carbocycles. The lowest BCUT2D eigenvalue weighted by Gasteiger charge is -2.27. The van der Waals surface area contributed by atoms with Gasteiger partial charge < -0.3 is 19.4 Å². The van der Waals surface area contributed by atoms with Gasteiger partial charge >= 0.3 is 5.97 Å². The van der Waals surface area contributed by atoms with E-state index < -0.39 is 11.8 Å². The minimum absolute atomic E-state index is 0.0476.